The standard InChI is InChI=1S/C16H20ClNO2/c1-2-3-4-5-6-9-13-15(19)16(20)14-11(17)8-7-10-12(14)18-13/h7-8,10,19H,2-6,9H2,1H3,(H,18,20). The normalized spacial score (nSPS) is 11.1. The number of benzene rings is 1. The second-order valence-electron chi connectivity index (χ2n) is 5.11. The number of hydrogen-bond donors (Lipinski definition) is 2. The van der Waals surface area contributed by atoms with Crippen LogP contribution in [-0.4, -0.2) is 10.1 Å². The van der Waals surface area contributed by atoms with E-state index in [-0.39, 0.29) is 11.2 Å². The van der Waals surface area contributed by atoms with Gasteiger partial charge in [-0.3, -0.25) is 4.79 Å². The minimum Gasteiger partial charge on any atom is -0.503 e. The van der Waals surface area contributed by atoms with Crippen LogP contribution in [0.5, 0.6) is 5.75 Å². The van der Waals surface area contributed by atoms with Crippen LogP contribution in [0.1, 0.15) is 44.7 Å². The zero-order chi connectivity index (χ0) is 14.5. The molecule has 108 valence electrons. The first-order chi connectivity index (χ1) is 9.65. The molecule has 0 fully saturated rings. The van der Waals surface area contributed by atoms with Gasteiger partial charge in [-0.25, -0.2) is 0 Å². The molecule has 2 N–H and O–H groups in total. The summed E-state index contributed by atoms with van der Waals surface area (Å²) >= 11 is 6.02. The molecule has 0 aliphatic heterocycles. The highest BCUT2D eigenvalue weighted by atomic mass is 35.5. The van der Waals surface area contributed by atoms with Gasteiger partial charge in [0.25, 0.3) is 0 Å². The summed E-state index contributed by atoms with van der Waals surface area (Å²) in [7, 11) is 0. The Balaban J connectivity index is 2.22. The first-order valence-corrected chi connectivity index (χ1v) is 7.55. The monoisotopic (exact) mass is 293 g/mol. The number of pyridine rings is 1. The average molecular weight is 294 g/mol. The molecule has 0 radical (unpaired) electrons. The number of aromatic amines is 1. The van der Waals surface area contributed by atoms with E-state index in [1.807, 2.05) is 6.07 Å². The second-order valence-corrected chi connectivity index (χ2v) is 5.52. The van der Waals surface area contributed by atoms with Crippen LogP contribution in [0.15, 0.2) is 23.0 Å². The van der Waals surface area contributed by atoms with Gasteiger partial charge in [-0.1, -0.05) is 50.3 Å². The Morgan fingerprint density at radius 2 is 1.95 bits per heavy atom. The molecule has 0 atom stereocenters. The summed E-state index contributed by atoms with van der Waals surface area (Å²) in [6.07, 6.45) is 6.40. The molecule has 0 spiro atoms. The smallest absolute Gasteiger partial charge is 0.232 e. The molecule has 1 aromatic heterocycles. The van der Waals surface area contributed by atoms with E-state index in [0.717, 1.165) is 12.8 Å². The quantitative estimate of drug-likeness (QED) is 0.776. The van der Waals surface area contributed by atoms with E-state index in [1.54, 1.807) is 12.1 Å². The van der Waals surface area contributed by atoms with Crippen molar-refractivity contribution >= 4 is 22.5 Å². The maximum absolute atomic E-state index is 12.2. The minimum absolute atomic E-state index is 0.193. The van der Waals surface area contributed by atoms with Crippen molar-refractivity contribution in [2.45, 2.75) is 45.4 Å². The largest absolute Gasteiger partial charge is 0.503 e. The van der Waals surface area contributed by atoms with Gasteiger partial charge < -0.3 is 10.1 Å². The molecule has 20 heavy (non-hydrogen) atoms. The van der Waals surface area contributed by atoms with Gasteiger partial charge in [0.05, 0.1) is 21.6 Å². The van der Waals surface area contributed by atoms with Crippen LogP contribution < -0.4 is 5.43 Å². The lowest BCUT2D eigenvalue weighted by molar-refractivity contribution is 0.458. The molecule has 1 heterocycles. The molecule has 0 bridgehead atoms. The topological polar surface area (TPSA) is 53.1 Å². The van der Waals surface area contributed by atoms with E-state index in [1.165, 1.54) is 19.3 Å². The van der Waals surface area contributed by atoms with Crippen LogP contribution in [-0.2, 0) is 6.42 Å². The molecule has 0 amide bonds. The van der Waals surface area contributed by atoms with Gasteiger partial charge in [0.15, 0.2) is 5.75 Å². The number of H-pyrrole nitrogens is 1. The van der Waals surface area contributed by atoms with Crippen LogP contribution in [0.3, 0.4) is 0 Å². The molecule has 0 saturated carbocycles. The average Bonchev–Trinajstić information content (AvgIpc) is 2.43. The lowest BCUT2D eigenvalue weighted by Crippen LogP contribution is -2.07. The number of aromatic nitrogens is 1. The summed E-state index contributed by atoms with van der Waals surface area (Å²) in [4.78, 5) is 15.3. The van der Waals surface area contributed by atoms with Gasteiger partial charge in [0.2, 0.25) is 5.43 Å². The van der Waals surface area contributed by atoms with Gasteiger partial charge in [0.1, 0.15) is 0 Å². The Morgan fingerprint density at radius 3 is 2.70 bits per heavy atom. The van der Waals surface area contributed by atoms with Crippen LogP contribution >= 0.6 is 11.6 Å². The van der Waals surface area contributed by atoms with Crippen LogP contribution in [0.25, 0.3) is 10.9 Å². The van der Waals surface area contributed by atoms with Gasteiger partial charge in [-0.15, -0.1) is 0 Å². The van der Waals surface area contributed by atoms with Gasteiger partial charge in [-0.05, 0) is 25.0 Å². The molecule has 3 nitrogen and oxygen atoms in total. The number of aryl methyl sites for hydroxylation is 1. The lowest BCUT2D eigenvalue weighted by Gasteiger charge is -2.08. The van der Waals surface area contributed by atoms with Crippen molar-refractivity contribution in [2.75, 3.05) is 0 Å². The number of nitrogens with one attached hydrogen (secondary N) is 1. The van der Waals surface area contributed by atoms with E-state index in [9.17, 15) is 9.90 Å². The third kappa shape index (κ3) is 3.15. The van der Waals surface area contributed by atoms with Gasteiger partial charge in [-0.2, -0.15) is 0 Å². The van der Waals surface area contributed by atoms with Crippen molar-refractivity contribution in [3.05, 3.63) is 39.1 Å². The van der Waals surface area contributed by atoms with Gasteiger partial charge >= 0.3 is 0 Å². The first-order valence-electron chi connectivity index (χ1n) is 7.17. The summed E-state index contributed by atoms with van der Waals surface area (Å²) in [6, 6.07) is 5.26. The Labute approximate surface area is 123 Å². The number of unbranched alkanes of at least 4 members (excludes halogenated alkanes) is 4. The van der Waals surface area contributed by atoms with Crippen LogP contribution in [0, 0.1) is 0 Å². The van der Waals surface area contributed by atoms with E-state index >= 15 is 0 Å². The molecule has 4 heteroatoms. The molecule has 1 aromatic carbocycles. The summed E-state index contributed by atoms with van der Waals surface area (Å²) in [5.74, 6) is -0.193. The fourth-order valence-electron chi connectivity index (χ4n) is 2.42. The third-order valence-corrected chi connectivity index (χ3v) is 3.87. The number of fused-ring (bicyclic) bond motifs is 1. The Hall–Kier alpha value is -1.48. The van der Waals surface area contributed by atoms with E-state index < -0.39 is 0 Å². The number of hydrogen-bond acceptors (Lipinski definition) is 2. The SMILES string of the molecule is CCCCCCCc1[nH]c2cccc(Cl)c2c(=O)c1O. The molecule has 0 aliphatic rings. The van der Waals surface area contributed by atoms with Crippen molar-refractivity contribution in [2.24, 2.45) is 0 Å². The van der Waals surface area contributed by atoms with E-state index in [0.29, 0.717) is 28.0 Å². The number of rotatable bonds is 6. The van der Waals surface area contributed by atoms with Crippen molar-refractivity contribution in [1.82, 2.24) is 4.98 Å². The molecular formula is C16H20ClNO2. The molecule has 2 rings (SSSR count). The first kappa shape index (κ1) is 14.9. The van der Waals surface area contributed by atoms with E-state index in [4.69, 9.17) is 11.6 Å². The van der Waals surface area contributed by atoms with Crippen molar-refractivity contribution in [3.8, 4) is 5.75 Å². The Kier molecular flexibility index (Phi) is 5.07. The van der Waals surface area contributed by atoms with Crippen LogP contribution in [0.4, 0.5) is 0 Å². The zero-order valence-electron chi connectivity index (χ0n) is 11.7. The highest BCUT2D eigenvalue weighted by Crippen LogP contribution is 2.23. The summed E-state index contributed by atoms with van der Waals surface area (Å²) in [6.45, 7) is 2.18. The molecule has 0 aliphatic carbocycles. The Morgan fingerprint density at radius 1 is 1.20 bits per heavy atom. The van der Waals surface area contributed by atoms with Crippen LogP contribution in [0.2, 0.25) is 5.02 Å². The summed E-state index contributed by atoms with van der Waals surface area (Å²) in [5.41, 5.74) is 0.915. The lowest BCUT2D eigenvalue weighted by atomic mass is 10.1. The third-order valence-electron chi connectivity index (χ3n) is 3.56. The summed E-state index contributed by atoms with van der Waals surface area (Å²) < 4.78 is 0. The van der Waals surface area contributed by atoms with Gasteiger partial charge in [0, 0.05) is 0 Å². The minimum atomic E-state index is -0.382. The highest BCUT2D eigenvalue weighted by Gasteiger charge is 2.12. The predicted octanol–water partition coefficient (Wildman–Crippen LogP) is 4.40. The highest BCUT2D eigenvalue weighted by molar-refractivity contribution is 6.35. The number of aromatic hydroxyl groups is 1. The molecule has 0 unspecified atom stereocenters. The fraction of sp³-hybridized carbons (Fsp3) is 0.438. The maximum Gasteiger partial charge on any atom is 0.232 e. The fourth-order valence-corrected chi connectivity index (χ4v) is 2.68. The second kappa shape index (κ2) is 6.80. The molecular weight excluding hydrogens is 274 g/mol. The molecule has 2 aromatic rings. The van der Waals surface area contributed by atoms with Crippen molar-refractivity contribution < 1.29 is 5.11 Å². The predicted molar refractivity (Wildman–Crippen MR) is 83.7 cm³/mol. The summed E-state index contributed by atoms with van der Waals surface area (Å²) in [5, 5.41) is 10.8. The maximum atomic E-state index is 12.2. The Bertz CT molecular complexity index is 649. The van der Waals surface area contributed by atoms with Crippen molar-refractivity contribution in [1.29, 1.82) is 0 Å². The zero-order valence-corrected chi connectivity index (χ0v) is 12.5. The molecule has 0 saturated heterocycles. The van der Waals surface area contributed by atoms with Crippen molar-refractivity contribution in [3.63, 3.8) is 0 Å². The van der Waals surface area contributed by atoms with E-state index in [2.05, 4.69) is 11.9 Å². The number of halogens is 1.